The lowest BCUT2D eigenvalue weighted by atomic mass is 10.1. The van der Waals surface area contributed by atoms with Crippen molar-refractivity contribution in [2.75, 3.05) is 12.8 Å². The first-order chi connectivity index (χ1) is 10.3. The van der Waals surface area contributed by atoms with Crippen LogP contribution >= 0.6 is 0 Å². The van der Waals surface area contributed by atoms with Gasteiger partial charge < -0.3 is 10.5 Å². The number of amides is 1. The van der Waals surface area contributed by atoms with Crippen LogP contribution < -0.4 is 10.5 Å². The van der Waals surface area contributed by atoms with Crippen LogP contribution in [0.25, 0.3) is 0 Å². The summed E-state index contributed by atoms with van der Waals surface area (Å²) in [6.07, 6.45) is 0. The molecule has 120 valence electrons. The van der Waals surface area contributed by atoms with Crippen molar-refractivity contribution in [3.05, 3.63) is 47.0 Å². The zero-order chi connectivity index (χ0) is 16.8. The molecule has 1 aromatic carbocycles. The van der Waals surface area contributed by atoms with Crippen molar-refractivity contribution in [3.63, 3.8) is 0 Å². The number of primary amides is 1. The average Bonchev–Trinajstić information content (AvgIpc) is 2.50. The fourth-order valence-electron chi connectivity index (χ4n) is 1.54. The van der Waals surface area contributed by atoms with Gasteiger partial charge in [-0.25, -0.2) is 17.9 Å². The average molecular weight is 326 g/mol. The van der Waals surface area contributed by atoms with E-state index in [1.54, 1.807) is 24.3 Å². The summed E-state index contributed by atoms with van der Waals surface area (Å²) in [5.74, 6) is -2.44. The third kappa shape index (κ3) is 5.30. The van der Waals surface area contributed by atoms with E-state index in [2.05, 4.69) is 4.72 Å². The van der Waals surface area contributed by atoms with Crippen molar-refractivity contribution in [1.29, 1.82) is 0 Å². The zero-order valence-electron chi connectivity index (χ0n) is 12.3. The van der Waals surface area contributed by atoms with Crippen molar-refractivity contribution in [2.24, 2.45) is 5.73 Å². The number of hydrogen-bond donors (Lipinski definition) is 2. The van der Waals surface area contributed by atoms with E-state index in [1.165, 1.54) is 14.0 Å². The molecule has 22 heavy (non-hydrogen) atoms. The van der Waals surface area contributed by atoms with E-state index in [0.29, 0.717) is 0 Å². The lowest BCUT2D eigenvalue weighted by Gasteiger charge is -2.11. The smallest absolute Gasteiger partial charge is 0.335 e. The number of ether oxygens (including phenoxy) is 1. The molecular weight excluding hydrogens is 308 g/mol. The fraction of sp³-hybridized carbons (Fsp3) is 0.286. The van der Waals surface area contributed by atoms with E-state index in [4.69, 9.17) is 10.5 Å². The van der Waals surface area contributed by atoms with Gasteiger partial charge in [-0.2, -0.15) is 0 Å². The molecule has 0 aliphatic heterocycles. The Morgan fingerprint density at radius 2 is 1.82 bits per heavy atom. The molecule has 0 unspecified atom stereocenters. The van der Waals surface area contributed by atoms with E-state index < -0.39 is 27.7 Å². The molecule has 0 spiro atoms. The second-order valence-electron chi connectivity index (χ2n) is 4.49. The quantitative estimate of drug-likeness (QED) is 0.544. The Hall–Kier alpha value is -2.19. The summed E-state index contributed by atoms with van der Waals surface area (Å²) in [5, 5.41) is 0. The Morgan fingerprint density at radius 1 is 1.23 bits per heavy atom. The topological polar surface area (TPSA) is 116 Å². The lowest BCUT2D eigenvalue weighted by Crippen LogP contribution is -2.29. The molecule has 0 radical (unpaired) electrons. The predicted octanol–water partition coefficient (Wildman–Crippen LogP) is 0.0808. The summed E-state index contributed by atoms with van der Waals surface area (Å²) in [7, 11) is -2.53. The Morgan fingerprint density at radius 3 is 2.32 bits per heavy atom. The van der Waals surface area contributed by atoms with Crippen LogP contribution in [0.5, 0.6) is 0 Å². The molecule has 1 amide bonds. The number of carbonyl (C=O) groups excluding carboxylic acids is 2. The van der Waals surface area contributed by atoms with Crippen molar-refractivity contribution < 1.29 is 22.7 Å². The first-order valence-electron chi connectivity index (χ1n) is 6.38. The molecule has 0 heterocycles. The number of hydrogen-bond acceptors (Lipinski definition) is 5. The summed E-state index contributed by atoms with van der Waals surface area (Å²) < 4.78 is 30.3. The van der Waals surface area contributed by atoms with Gasteiger partial charge in [0.05, 0.1) is 11.3 Å². The Labute approximate surface area is 129 Å². The Bertz CT molecular complexity index is 680. The number of sulfonamides is 1. The molecule has 0 fully saturated rings. The highest BCUT2D eigenvalue weighted by Gasteiger charge is 2.23. The molecule has 0 saturated heterocycles. The first-order valence-corrected chi connectivity index (χ1v) is 8.04. The summed E-state index contributed by atoms with van der Waals surface area (Å²) in [6, 6.07) is 8.87. The highest BCUT2D eigenvalue weighted by atomic mass is 32.2. The first kappa shape index (κ1) is 17.9. The molecule has 0 aromatic heterocycles. The van der Waals surface area contributed by atoms with E-state index in [1.807, 2.05) is 6.07 Å². The van der Waals surface area contributed by atoms with Gasteiger partial charge in [0.15, 0.2) is 0 Å². The summed E-state index contributed by atoms with van der Waals surface area (Å²) in [4.78, 5) is 23.3. The third-order valence-electron chi connectivity index (χ3n) is 2.93. The van der Waals surface area contributed by atoms with Crippen LogP contribution in [-0.2, 0) is 31.0 Å². The molecule has 0 aliphatic rings. The Balaban J connectivity index is 2.94. The molecule has 0 atom stereocenters. The van der Waals surface area contributed by atoms with Gasteiger partial charge in [-0.15, -0.1) is 0 Å². The van der Waals surface area contributed by atoms with Gasteiger partial charge in [0, 0.05) is 5.57 Å². The normalized spacial score (nSPS) is 12.5. The number of carbonyl (C=O) groups is 2. The maximum atomic E-state index is 12.1. The van der Waals surface area contributed by atoms with Gasteiger partial charge in [0.2, 0.25) is 15.9 Å². The summed E-state index contributed by atoms with van der Waals surface area (Å²) in [5.41, 5.74) is 5.44. The van der Waals surface area contributed by atoms with Gasteiger partial charge >= 0.3 is 5.97 Å². The van der Waals surface area contributed by atoms with E-state index in [-0.39, 0.29) is 17.8 Å². The maximum absolute atomic E-state index is 12.1. The maximum Gasteiger partial charge on any atom is 0.335 e. The van der Waals surface area contributed by atoms with Crippen LogP contribution in [0, 0.1) is 0 Å². The summed E-state index contributed by atoms with van der Waals surface area (Å²) in [6.45, 7) is 1.25. The van der Waals surface area contributed by atoms with Gasteiger partial charge in [-0.3, -0.25) is 4.79 Å². The zero-order valence-corrected chi connectivity index (χ0v) is 13.1. The number of nitrogens with one attached hydrogen (secondary N) is 1. The van der Waals surface area contributed by atoms with Gasteiger partial charge in [0.1, 0.15) is 6.61 Å². The minimum absolute atomic E-state index is 0.0329. The molecule has 3 N–H and O–H groups in total. The molecule has 7 nitrogen and oxygen atoms in total. The van der Waals surface area contributed by atoms with Crippen molar-refractivity contribution in [3.8, 4) is 0 Å². The van der Waals surface area contributed by atoms with Crippen LogP contribution in [0.15, 0.2) is 41.5 Å². The SMILES string of the molecule is CNS(=O)(=O)C/C(C(=O)OCc1ccccc1)=C(\C)C(N)=O. The largest absolute Gasteiger partial charge is 0.457 e. The van der Waals surface area contributed by atoms with Crippen LogP contribution in [0.1, 0.15) is 12.5 Å². The lowest BCUT2D eigenvalue weighted by molar-refractivity contribution is -0.140. The van der Waals surface area contributed by atoms with E-state index >= 15 is 0 Å². The van der Waals surface area contributed by atoms with Crippen molar-refractivity contribution in [2.45, 2.75) is 13.5 Å². The number of esters is 1. The summed E-state index contributed by atoms with van der Waals surface area (Å²) >= 11 is 0. The predicted molar refractivity (Wildman–Crippen MR) is 81.0 cm³/mol. The van der Waals surface area contributed by atoms with Crippen molar-refractivity contribution in [1.82, 2.24) is 4.72 Å². The number of benzene rings is 1. The standard InChI is InChI=1S/C14H18N2O5S/c1-10(13(15)17)12(9-22(19,20)16-2)14(18)21-8-11-6-4-3-5-7-11/h3-7,16H,8-9H2,1-2H3,(H2,15,17)/b12-10-. The molecule has 0 bridgehead atoms. The second kappa shape index (κ2) is 7.71. The highest BCUT2D eigenvalue weighted by Crippen LogP contribution is 2.11. The van der Waals surface area contributed by atoms with Gasteiger partial charge in [0.25, 0.3) is 0 Å². The number of nitrogens with two attached hydrogens (primary N) is 1. The Kier molecular flexibility index (Phi) is 6.26. The molecule has 1 aromatic rings. The van der Waals surface area contributed by atoms with Crippen LogP contribution in [0.3, 0.4) is 0 Å². The monoisotopic (exact) mass is 326 g/mol. The molecule has 8 heteroatoms. The van der Waals surface area contributed by atoms with Crippen LogP contribution in [0.4, 0.5) is 0 Å². The minimum atomic E-state index is -3.74. The minimum Gasteiger partial charge on any atom is -0.457 e. The molecule has 1 rings (SSSR count). The molecular formula is C14H18N2O5S. The highest BCUT2D eigenvalue weighted by molar-refractivity contribution is 7.89. The van der Waals surface area contributed by atoms with E-state index in [9.17, 15) is 18.0 Å². The molecule has 0 saturated carbocycles. The van der Waals surface area contributed by atoms with Crippen LogP contribution in [0.2, 0.25) is 0 Å². The van der Waals surface area contributed by atoms with Gasteiger partial charge in [-0.05, 0) is 19.5 Å². The fourth-order valence-corrected chi connectivity index (χ4v) is 2.40. The molecule has 0 aliphatic carbocycles. The van der Waals surface area contributed by atoms with E-state index in [0.717, 1.165) is 5.56 Å². The van der Waals surface area contributed by atoms with Gasteiger partial charge in [-0.1, -0.05) is 30.3 Å². The second-order valence-corrected chi connectivity index (χ2v) is 6.42. The van der Waals surface area contributed by atoms with Crippen molar-refractivity contribution >= 4 is 21.9 Å². The third-order valence-corrected chi connectivity index (χ3v) is 4.22. The number of rotatable bonds is 7. The van der Waals surface area contributed by atoms with Crippen LogP contribution in [-0.4, -0.2) is 33.1 Å².